The number of rotatable bonds is 7. The van der Waals surface area contributed by atoms with Gasteiger partial charge in [0.05, 0.1) is 0 Å². The molecule has 0 saturated heterocycles. The van der Waals surface area contributed by atoms with Gasteiger partial charge >= 0.3 is 172 Å². The summed E-state index contributed by atoms with van der Waals surface area (Å²) in [5, 5.41) is 0. The molecule has 2 aromatic rings. The van der Waals surface area contributed by atoms with Crippen LogP contribution in [0.25, 0.3) is 0 Å². The van der Waals surface area contributed by atoms with Crippen molar-refractivity contribution in [3.05, 3.63) is 103 Å². The van der Waals surface area contributed by atoms with Crippen molar-refractivity contribution >= 4 is 35.6 Å². The van der Waals surface area contributed by atoms with Crippen LogP contribution in [0.5, 0.6) is 0 Å². The predicted octanol–water partition coefficient (Wildman–Crippen LogP) is 7.10. The van der Waals surface area contributed by atoms with E-state index in [1.165, 1.54) is 21.0 Å². The first kappa shape index (κ1) is 26.8. The maximum atomic E-state index is 5.21. The molecule has 160 valence electrons. The standard InChI is InChI=1S/C9H15.2C6H5.C5H5.CH2.2ClH.Zr/c1-5-8(4)9(6-2)7-3;2*1-2-4-6-5-3-1;1-2-4-5-3-1;;;;/h2,6H,5,7H2,1,3-4H3;2*1-5H;1-3H,4H2;1H2;2*1H;. The first-order valence-electron chi connectivity index (χ1n) is 10.4. The number of hydrogen-bond acceptors (Lipinski definition) is 0. The third-order valence-electron chi connectivity index (χ3n) is 6.48. The molecule has 0 amide bonds. The van der Waals surface area contributed by atoms with Crippen molar-refractivity contribution in [2.75, 3.05) is 0 Å². The van der Waals surface area contributed by atoms with Gasteiger partial charge in [-0.15, -0.1) is 24.8 Å². The molecule has 3 rings (SSSR count). The van der Waals surface area contributed by atoms with Crippen LogP contribution in [0.15, 0.2) is 103 Å². The Morgan fingerprint density at radius 2 is 1.43 bits per heavy atom. The zero-order valence-corrected chi connectivity index (χ0v) is 22.4. The van der Waals surface area contributed by atoms with E-state index in [4.69, 9.17) is 4.21 Å². The molecule has 0 spiro atoms. The molecule has 0 aromatic heterocycles. The Balaban J connectivity index is 0.00000225. The monoisotopic (exact) mass is 518 g/mol. The topological polar surface area (TPSA) is 0 Å². The summed E-state index contributed by atoms with van der Waals surface area (Å²) in [6, 6.07) is 22.1. The predicted molar refractivity (Wildman–Crippen MR) is 138 cm³/mol. The molecule has 0 heterocycles. The van der Waals surface area contributed by atoms with Crippen molar-refractivity contribution in [3.63, 3.8) is 0 Å². The summed E-state index contributed by atoms with van der Waals surface area (Å²) in [6.45, 7) is 6.76. The second-order valence-electron chi connectivity index (χ2n) is 7.94. The van der Waals surface area contributed by atoms with Crippen molar-refractivity contribution in [3.8, 4) is 0 Å². The zero-order valence-electron chi connectivity index (χ0n) is 18.3. The molecule has 0 unspecified atom stereocenters. The molecule has 0 aliphatic heterocycles. The summed E-state index contributed by atoms with van der Waals surface area (Å²) in [6.07, 6.45) is 12.4. The summed E-state index contributed by atoms with van der Waals surface area (Å²) in [5.41, 5.74) is 2.92. The van der Waals surface area contributed by atoms with Gasteiger partial charge in [-0.3, -0.25) is 0 Å². The average molecular weight is 521 g/mol. The van der Waals surface area contributed by atoms with Crippen molar-refractivity contribution in [1.29, 1.82) is 0 Å². The van der Waals surface area contributed by atoms with Gasteiger partial charge in [0, 0.05) is 0 Å². The van der Waals surface area contributed by atoms with Gasteiger partial charge in [0.1, 0.15) is 0 Å². The minimum absolute atomic E-state index is 0. The van der Waals surface area contributed by atoms with E-state index in [2.05, 4.69) is 110 Å². The SMILES string of the molecule is Cl.Cl.[CH2]=[Zr]([CH]=CC(CC)=C(C)CC)([C]1=CC=CC1)([c]1ccccc1)[c]1ccccc1. The summed E-state index contributed by atoms with van der Waals surface area (Å²) >= 11 is -4.11. The van der Waals surface area contributed by atoms with E-state index in [1.807, 2.05) is 0 Å². The summed E-state index contributed by atoms with van der Waals surface area (Å²) in [7, 11) is 0. The Kier molecular flexibility index (Phi) is 10.2. The molecule has 0 bridgehead atoms. The molecular formula is C27H34Cl2Zr. The molecule has 0 N–H and O–H groups in total. The molecule has 3 heteroatoms. The van der Waals surface area contributed by atoms with Gasteiger partial charge in [-0.25, -0.2) is 0 Å². The number of halogens is 2. The molecule has 0 fully saturated rings. The zero-order chi connectivity index (χ0) is 20.1. The van der Waals surface area contributed by atoms with Gasteiger partial charge < -0.3 is 0 Å². The molecule has 0 radical (unpaired) electrons. The van der Waals surface area contributed by atoms with Crippen molar-refractivity contribution in [2.24, 2.45) is 0 Å². The van der Waals surface area contributed by atoms with Gasteiger partial charge in [-0.2, -0.15) is 0 Å². The van der Waals surface area contributed by atoms with Crippen LogP contribution in [-0.4, -0.2) is 4.21 Å². The second-order valence-corrected chi connectivity index (χ2v) is 20.8. The molecule has 0 nitrogen and oxygen atoms in total. The van der Waals surface area contributed by atoms with Crippen LogP contribution in [0.4, 0.5) is 0 Å². The van der Waals surface area contributed by atoms with E-state index in [9.17, 15) is 0 Å². The molecule has 1 aliphatic rings. The number of allylic oxidation sites excluding steroid dienone is 7. The Morgan fingerprint density at radius 1 is 0.900 bits per heavy atom. The van der Waals surface area contributed by atoms with Crippen LogP contribution in [0.3, 0.4) is 0 Å². The first-order chi connectivity index (χ1) is 13.5. The van der Waals surface area contributed by atoms with Crippen LogP contribution < -0.4 is 6.54 Å². The molecule has 30 heavy (non-hydrogen) atoms. The Morgan fingerprint density at radius 3 is 1.83 bits per heavy atom. The number of benzene rings is 2. The van der Waals surface area contributed by atoms with Gasteiger partial charge in [0.25, 0.3) is 0 Å². The Hall–Kier alpha value is -1.27. The second kappa shape index (κ2) is 11.4. The normalized spacial score (nSPS) is 14.6. The van der Waals surface area contributed by atoms with E-state index in [1.54, 1.807) is 0 Å². The molecule has 2 aromatic carbocycles. The van der Waals surface area contributed by atoms with Crippen LogP contribution in [0, 0.1) is 0 Å². The molecule has 0 saturated carbocycles. The molecule has 0 atom stereocenters. The van der Waals surface area contributed by atoms with Gasteiger partial charge in [-0.1, -0.05) is 0 Å². The number of hydrogen-bond donors (Lipinski definition) is 0. The van der Waals surface area contributed by atoms with Crippen LogP contribution >= 0.6 is 24.8 Å². The van der Waals surface area contributed by atoms with Gasteiger partial charge in [0.2, 0.25) is 0 Å². The van der Waals surface area contributed by atoms with E-state index in [0.717, 1.165) is 19.3 Å². The third kappa shape index (κ3) is 4.80. The van der Waals surface area contributed by atoms with Gasteiger partial charge in [0.15, 0.2) is 0 Å². The average Bonchev–Trinajstić information content (AvgIpc) is 3.31. The minimum atomic E-state index is -4.11. The fourth-order valence-corrected chi connectivity index (χ4v) is 17.2. The quantitative estimate of drug-likeness (QED) is 0.342. The van der Waals surface area contributed by atoms with Crippen LogP contribution in [0.2, 0.25) is 0 Å². The van der Waals surface area contributed by atoms with E-state index >= 15 is 0 Å². The van der Waals surface area contributed by atoms with E-state index in [0.29, 0.717) is 0 Å². The summed E-state index contributed by atoms with van der Waals surface area (Å²) < 4.78 is 12.1. The van der Waals surface area contributed by atoms with Crippen LogP contribution in [-0.2, 0) is 18.3 Å². The third-order valence-corrected chi connectivity index (χ3v) is 21.3. The fourth-order valence-electron chi connectivity index (χ4n) is 4.42. The first-order valence-corrected chi connectivity index (χ1v) is 17.3. The van der Waals surface area contributed by atoms with Crippen molar-refractivity contribution < 1.29 is 18.3 Å². The van der Waals surface area contributed by atoms with E-state index in [-0.39, 0.29) is 24.8 Å². The summed E-state index contributed by atoms with van der Waals surface area (Å²) in [4.78, 5) is 0. The fraction of sp³-hybridized carbons (Fsp3) is 0.222. The molecular weight excluding hydrogens is 486 g/mol. The van der Waals surface area contributed by atoms with Crippen molar-refractivity contribution in [2.45, 2.75) is 40.0 Å². The Bertz CT molecular complexity index is 966. The summed E-state index contributed by atoms with van der Waals surface area (Å²) in [5.74, 6) is 0. The molecule has 1 aliphatic carbocycles. The Labute approximate surface area is 195 Å². The van der Waals surface area contributed by atoms with Crippen molar-refractivity contribution in [1.82, 2.24) is 0 Å². The maximum absolute atomic E-state index is 5.21. The van der Waals surface area contributed by atoms with Crippen LogP contribution in [0.1, 0.15) is 40.0 Å². The van der Waals surface area contributed by atoms with Gasteiger partial charge in [-0.05, 0) is 0 Å². The van der Waals surface area contributed by atoms with E-state index < -0.39 is 18.3 Å².